The molecule has 0 fully saturated rings. The Kier molecular flexibility index (Phi) is 4.56. The highest BCUT2D eigenvalue weighted by Gasteiger charge is 2.05. The molecule has 20 heavy (non-hydrogen) atoms. The summed E-state index contributed by atoms with van der Waals surface area (Å²) >= 11 is 0. The van der Waals surface area contributed by atoms with Crippen molar-refractivity contribution in [2.75, 3.05) is 11.4 Å². The van der Waals surface area contributed by atoms with Crippen LogP contribution in [0.15, 0.2) is 60.7 Å². The first kappa shape index (κ1) is 13.9. The molecule has 3 heteroatoms. The van der Waals surface area contributed by atoms with Gasteiger partial charge in [-0.2, -0.15) is 0 Å². The zero-order valence-corrected chi connectivity index (χ0v) is 11.4. The third kappa shape index (κ3) is 3.48. The van der Waals surface area contributed by atoms with Gasteiger partial charge in [-0.25, -0.2) is 4.79 Å². The van der Waals surface area contributed by atoms with Crippen LogP contribution in [0.4, 0.5) is 11.4 Å². The van der Waals surface area contributed by atoms with Gasteiger partial charge < -0.3 is 10.0 Å². The number of para-hydroxylation sites is 1. The quantitative estimate of drug-likeness (QED) is 0.834. The predicted octanol–water partition coefficient (Wildman–Crippen LogP) is 3.94. The minimum atomic E-state index is -0.937. The van der Waals surface area contributed by atoms with Crippen LogP contribution in [0.2, 0.25) is 0 Å². The lowest BCUT2D eigenvalue weighted by molar-refractivity contribution is -0.131. The van der Waals surface area contributed by atoms with Crippen molar-refractivity contribution in [2.45, 2.75) is 6.92 Å². The normalized spacial score (nSPS) is 10.7. The molecule has 0 heterocycles. The second kappa shape index (κ2) is 6.57. The molecule has 0 aromatic heterocycles. The van der Waals surface area contributed by atoms with Crippen molar-refractivity contribution in [2.24, 2.45) is 0 Å². The lowest BCUT2D eigenvalue weighted by Crippen LogP contribution is -2.15. The number of carboxylic acid groups (broad SMARTS) is 1. The van der Waals surface area contributed by atoms with Crippen LogP contribution in [0.1, 0.15) is 12.5 Å². The number of hydrogen-bond acceptors (Lipinski definition) is 2. The highest BCUT2D eigenvalue weighted by atomic mass is 16.4. The standard InChI is InChI=1S/C17H17NO2/c1-2-18(15-6-4-3-5-7-15)16-11-8-14(9-12-16)10-13-17(19)20/h3-13H,2H2,1H3,(H,19,20)/b13-10+. The van der Waals surface area contributed by atoms with E-state index < -0.39 is 5.97 Å². The van der Waals surface area contributed by atoms with Crippen LogP contribution in [-0.2, 0) is 4.79 Å². The van der Waals surface area contributed by atoms with E-state index in [1.54, 1.807) is 6.08 Å². The number of rotatable bonds is 5. The van der Waals surface area contributed by atoms with E-state index in [-0.39, 0.29) is 0 Å². The van der Waals surface area contributed by atoms with Crippen LogP contribution in [0, 0.1) is 0 Å². The number of aliphatic carboxylic acids is 1. The van der Waals surface area contributed by atoms with Gasteiger partial charge in [0.25, 0.3) is 0 Å². The van der Waals surface area contributed by atoms with E-state index in [0.29, 0.717) is 0 Å². The van der Waals surface area contributed by atoms with E-state index >= 15 is 0 Å². The molecule has 0 aliphatic rings. The first-order valence-corrected chi connectivity index (χ1v) is 6.54. The minimum Gasteiger partial charge on any atom is -0.478 e. The van der Waals surface area contributed by atoms with Gasteiger partial charge in [0.05, 0.1) is 0 Å². The SMILES string of the molecule is CCN(c1ccccc1)c1ccc(/C=C/C(=O)O)cc1. The molecule has 2 rings (SSSR count). The average molecular weight is 267 g/mol. The first-order valence-electron chi connectivity index (χ1n) is 6.54. The number of carbonyl (C=O) groups is 1. The van der Waals surface area contributed by atoms with Gasteiger partial charge in [0.15, 0.2) is 0 Å². The van der Waals surface area contributed by atoms with Gasteiger partial charge in [-0.1, -0.05) is 30.3 Å². The monoisotopic (exact) mass is 267 g/mol. The zero-order chi connectivity index (χ0) is 14.4. The summed E-state index contributed by atoms with van der Waals surface area (Å²) in [6.07, 6.45) is 2.73. The maximum Gasteiger partial charge on any atom is 0.328 e. The van der Waals surface area contributed by atoms with Crippen molar-refractivity contribution < 1.29 is 9.90 Å². The Morgan fingerprint density at radius 1 is 1.05 bits per heavy atom. The van der Waals surface area contributed by atoms with Crippen LogP contribution in [0.25, 0.3) is 6.08 Å². The van der Waals surface area contributed by atoms with Gasteiger partial charge in [-0.3, -0.25) is 0 Å². The van der Waals surface area contributed by atoms with E-state index in [1.165, 1.54) is 0 Å². The predicted molar refractivity (Wildman–Crippen MR) is 82.2 cm³/mol. The van der Waals surface area contributed by atoms with Crippen LogP contribution >= 0.6 is 0 Å². The Morgan fingerprint density at radius 3 is 2.20 bits per heavy atom. The summed E-state index contributed by atoms with van der Waals surface area (Å²) < 4.78 is 0. The van der Waals surface area contributed by atoms with Crippen LogP contribution in [0.5, 0.6) is 0 Å². The fraction of sp³-hybridized carbons (Fsp3) is 0.118. The summed E-state index contributed by atoms with van der Waals surface area (Å²) in [4.78, 5) is 12.7. The molecular formula is C17H17NO2. The van der Waals surface area contributed by atoms with Crippen molar-refractivity contribution in [3.05, 3.63) is 66.2 Å². The molecule has 0 saturated heterocycles. The Labute approximate surface area is 118 Å². The van der Waals surface area contributed by atoms with Crippen molar-refractivity contribution in [3.8, 4) is 0 Å². The van der Waals surface area contributed by atoms with Gasteiger partial charge in [-0.05, 0) is 42.8 Å². The van der Waals surface area contributed by atoms with Gasteiger partial charge in [0.2, 0.25) is 0 Å². The van der Waals surface area contributed by atoms with Gasteiger partial charge in [-0.15, -0.1) is 0 Å². The summed E-state index contributed by atoms with van der Waals surface area (Å²) in [5.41, 5.74) is 3.11. The maximum atomic E-state index is 10.5. The number of hydrogen-bond donors (Lipinski definition) is 1. The highest BCUT2D eigenvalue weighted by Crippen LogP contribution is 2.25. The molecule has 2 aromatic carbocycles. The highest BCUT2D eigenvalue weighted by molar-refractivity contribution is 5.85. The smallest absolute Gasteiger partial charge is 0.328 e. The molecule has 0 aliphatic carbocycles. The van der Waals surface area contributed by atoms with Gasteiger partial charge in [0.1, 0.15) is 0 Å². The number of nitrogens with zero attached hydrogens (tertiary/aromatic N) is 1. The fourth-order valence-electron chi connectivity index (χ4n) is 2.06. The third-order valence-corrected chi connectivity index (χ3v) is 3.01. The second-order valence-electron chi connectivity index (χ2n) is 4.34. The Morgan fingerprint density at radius 2 is 1.65 bits per heavy atom. The number of benzene rings is 2. The molecule has 0 amide bonds. The summed E-state index contributed by atoms with van der Waals surface area (Å²) in [6.45, 7) is 2.97. The third-order valence-electron chi connectivity index (χ3n) is 3.01. The molecule has 3 nitrogen and oxygen atoms in total. The molecule has 0 bridgehead atoms. The summed E-state index contributed by atoms with van der Waals surface area (Å²) in [5.74, 6) is -0.937. The molecule has 2 aromatic rings. The number of anilines is 2. The van der Waals surface area contributed by atoms with Crippen molar-refractivity contribution in [1.29, 1.82) is 0 Å². The second-order valence-corrected chi connectivity index (χ2v) is 4.34. The topological polar surface area (TPSA) is 40.5 Å². The van der Waals surface area contributed by atoms with Gasteiger partial charge >= 0.3 is 5.97 Å². The fourth-order valence-corrected chi connectivity index (χ4v) is 2.06. The average Bonchev–Trinajstić information content (AvgIpc) is 2.48. The van der Waals surface area contributed by atoms with E-state index in [0.717, 1.165) is 29.6 Å². The van der Waals surface area contributed by atoms with Crippen molar-refractivity contribution in [3.63, 3.8) is 0 Å². The molecule has 102 valence electrons. The number of carboxylic acids is 1. The molecule has 0 aliphatic heterocycles. The van der Waals surface area contributed by atoms with E-state index in [4.69, 9.17) is 5.11 Å². The molecular weight excluding hydrogens is 250 g/mol. The molecule has 0 atom stereocenters. The first-order chi connectivity index (χ1) is 9.70. The summed E-state index contributed by atoms with van der Waals surface area (Å²) in [6, 6.07) is 18.0. The largest absolute Gasteiger partial charge is 0.478 e. The van der Waals surface area contributed by atoms with E-state index in [9.17, 15) is 4.79 Å². The maximum absolute atomic E-state index is 10.5. The Bertz CT molecular complexity index is 588. The molecule has 0 saturated carbocycles. The lowest BCUT2D eigenvalue weighted by atomic mass is 10.1. The molecule has 0 radical (unpaired) electrons. The van der Waals surface area contributed by atoms with Crippen LogP contribution in [0.3, 0.4) is 0 Å². The summed E-state index contributed by atoms with van der Waals surface area (Å²) in [7, 11) is 0. The Balaban J connectivity index is 2.22. The van der Waals surface area contributed by atoms with Crippen LogP contribution < -0.4 is 4.90 Å². The van der Waals surface area contributed by atoms with Gasteiger partial charge in [0, 0.05) is 24.0 Å². The zero-order valence-electron chi connectivity index (χ0n) is 11.4. The summed E-state index contributed by atoms with van der Waals surface area (Å²) in [5, 5.41) is 8.61. The van der Waals surface area contributed by atoms with Crippen molar-refractivity contribution in [1.82, 2.24) is 0 Å². The lowest BCUT2D eigenvalue weighted by Gasteiger charge is -2.23. The van der Waals surface area contributed by atoms with Crippen molar-refractivity contribution >= 4 is 23.4 Å². The Hall–Kier alpha value is -2.55. The van der Waals surface area contributed by atoms with E-state index in [1.807, 2.05) is 42.5 Å². The van der Waals surface area contributed by atoms with Crippen LogP contribution in [-0.4, -0.2) is 17.6 Å². The molecule has 0 spiro atoms. The molecule has 1 N–H and O–H groups in total. The molecule has 0 unspecified atom stereocenters. The minimum absolute atomic E-state index is 0.869. The van der Waals surface area contributed by atoms with E-state index in [2.05, 4.69) is 24.0 Å².